The zero-order valence-corrected chi connectivity index (χ0v) is 18.7. The highest BCUT2D eigenvalue weighted by molar-refractivity contribution is 5.90. The molecule has 168 valence electrons. The van der Waals surface area contributed by atoms with Crippen LogP contribution in [0.2, 0.25) is 0 Å². The zero-order valence-electron chi connectivity index (χ0n) is 18.7. The van der Waals surface area contributed by atoms with Crippen molar-refractivity contribution in [1.82, 2.24) is 24.0 Å². The number of carbonyl (C=O) groups is 1. The molecule has 3 rings (SSSR count). The summed E-state index contributed by atoms with van der Waals surface area (Å²) in [5.41, 5.74) is 0.351. The molecule has 3 aromatic rings. The maximum atomic E-state index is 12.5. The number of H-pyrrole nitrogens is 1. The molecule has 0 aliphatic heterocycles. The van der Waals surface area contributed by atoms with Gasteiger partial charge in [0.25, 0.3) is 5.56 Å². The van der Waals surface area contributed by atoms with Gasteiger partial charge in [-0.2, -0.15) is 0 Å². The van der Waals surface area contributed by atoms with Crippen LogP contribution in [0.15, 0.2) is 20.1 Å². The van der Waals surface area contributed by atoms with Crippen molar-refractivity contribution in [3.05, 3.63) is 49.8 Å². The van der Waals surface area contributed by atoms with Crippen LogP contribution in [0.5, 0.6) is 0 Å². The van der Waals surface area contributed by atoms with Crippen LogP contribution in [-0.4, -0.2) is 44.1 Å². The number of aromatic amines is 1. The quantitative estimate of drug-likeness (QED) is 0.515. The molecule has 31 heavy (non-hydrogen) atoms. The largest absolute Gasteiger partial charge is 0.465 e. The van der Waals surface area contributed by atoms with Crippen molar-refractivity contribution in [3.8, 4) is 0 Å². The third kappa shape index (κ3) is 4.48. The van der Waals surface area contributed by atoms with Crippen molar-refractivity contribution in [2.45, 2.75) is 59.8 Å². The van der Waals surface area contributed by atoms with Gasteiger partial charge in [0.15, 0.2) is 11.2 Å². The number of nitrogens with one attached hydrogen (secondary N) is 1. The lowest BCUT2D eigenvalue weighted by molar-refractivity contribution is 0.0599. The molecule has 10 heteroatoms. The first-order valence-electron chi connectivity index (χ1n) is 10.4. The summed E-state index contributed by atoms with van der Waals surface area (Å²) in [6.45, 7) is 7.60. The summed E-state index contributed by atoms with van der Waals surface area (Å²) in [5.74, 6) is 1.37. The van der Waals surface area contributed by atoms with Gasteiger partial charge in [0, 0.05) is 13.1 Å². The topological polar surface area (TPSA) is 115 Å². The first-order valence-corrected chi connectivity index (χ1v) is 10.4. The Kier molecular flexibility index (Phi) is 6.79. The predicted octanol–water partition coefficient (Wildman–Crippen LogP) is 2.03. The second-order valence-corrected chi connectivity index (χ2v) is 7.56. The summed E-state index contributed by atoms with van der Waals surface area (Å²) in [6, 6.07) is 1.67. The smallest absolute Gasteiger partial charge is 0.341 e. The summed E-state index contributed by atoms with van der Waals surface area (Å²) in [5, 5.41) is 0. The van der Waals surface area contributed by atoms with Crippen molar-refractivity contribution in [3.63, 3.8) is 0 Å². The van der Waals surface area contributed by atoms with E-state index < -0.39 is 17.2 Å². The molecule has 1 N–H and O–H groups in total. The Balaban J connectivity index is 1.92. The average Bonchev–Trinajstić information content (AvgIpc) is 3.27. The number of ether oxygens (including phenoxy) is 1. The third-order valence-corrected chi connectivity index (χ3v) is 5.23. The van der Waals surface area contributed by atoms with E-state index >= 15 is 0 Å². The normalized spacial score (nSPS) is 11.5. The summed E-state index contributed by atoms with van der Waals surface area (Å²) >= 11 is 0. The van der Waals surface area contributed by atoms with Crippen molar-refractivity contribution >= 4 is 17.1 Å². The van der Waals surface area contributed by atoms with E-state index in [-0.39, 0.29) is 0 Å². The van der Waals surface area contributed by atoms with Gasteiger partial charge in [-0.3, -0.25) is 19.2 Å². The number of aromatic nitrogens is 4. The zero-order chi connectivity index (χ0) is 22.7. The standard InChI is InChI=1S/C21H29N5O5/c1-6-8-9-26-18-17(19(27)23-21(26)29)25(7-2)16(22-18)12-24(4)11-14-10-15(13(3)31-14)20(28)30-5/h10H,6-9,11-12H2,1-5H3,(H,23,27,29). The van der Waals surface area contributed by atoms with Crippen molar-refractivity contribution in [2.24, 2.45) is 0 Å². The van der Waals surface area contributed by atoms with E-state index in [1.165, 1.54) is 11.7 Å². The number of imidazole rings is 1. The average molecular weight is 431 g/mol. The van der Waals surface area contributed by atoms with Crippen LogP contribution in [0.1, 0.15) is 54.4 Å². The first kappa shape index (κ1) is 22.5. The summed E-state index contributed by atoms with van der Waals surface area (Å²) in [7, 11) is 3.22. The highest BCUT2D eigenvalue weighted by atomic mass is 16.5. The Morgan fingerprint density at radius 3 is 2.65 bits per heavy atom. The third-order valence-electron chi connectivity index (χ3n) is 5.23. The van der Waals surface area contributed by atoms with Gasteiger partial charge in [-0.1, -0.05) is 13.3 Å². The summed E-state index contributed by atoms with van der Waals surface area (Å²) in [6.07, 6.45) is 1.74. The molecule has 3 heterocycles. The number of rotatable bonds is 9. The second kappa shape index (κ2) is 9.34. The second-order valence-electron chi connectivity index (χ2n) is 7.56. The van der Waals surface area contributed by atoms with Gasteiger partial charge in [0.05, 0.1) is 20.2 Å². The molecule has 0 spiro atoms. The molecule has 0 radical (unpaired) electrons. The van der Waals surface area contributed by atoms with Gasteiger partial charge in [-0.25, -0.2) is 14.6 Å². The van der Waals surface area contributed by atoms with E-state index in [9.17, 15) is 14.4 Å². The number of unbranched alkanes of at least 4 members (excludes halogenated alkanes) is 1. The number of hydrogen-bond acceptors (Lipinski definition) is 7. The van der Waals surface area contributed by atoms with Gasteiger partial charge < -0.3 is 13.7 Å². The number of fused-ring (bicyclic) bond motifs is 1. The monoisotopic (exact) mass is 431 g/mol. The summed E-state index contributed by atoms with van der Waals surface area (Å²) < 4.78 is 13.8. The van der Waals surface area contributed by atoms with Crippen LogP contribution < -0.4 is 11.2 Å². The van der Waals surface area contributed by atoms with Crippen LogP contribution in [0.4, 0.5) is 0 Å². The van der Waals surface area contributed by atoms with Crippen LogP contribution in [-0.2, 0) is 30.9 Å². The number of furan rings is 1. The highest BCUT2D eigenvalue weighted by Gasteiger charge is 2.20. The fraction of sp³-hybridized carbons (Fsp3) is 0.524. The fourth-order valence-electron chi connectivity index (χ4n) is 3.70. The predicted molar refractivity (Wildman–Crippen MR) is 115 cm³/mol. The molecule has 3 aromatic heterocycles. The molecule has 0 aliphatic rings. The van der Waals surface area contributed by atoms with Crippen LogP contribution in [0.25, 0.3) is 11.2 Å². The first-order chi connectivity index (χ1) is 14.8. The van der Waals surface area contributed by atoms with Gasteiger partial charge in [0.2, 0.25) is 0 Å². The van der Waals surface area contributed by atoms with Crippen molar-refractivity contribution in [1.29, 1.82) is 0 Å². The lowest BCUT2D eigenvalue weighted by Gasteiger charge is -2.15. The Hall–Kier alpha value is -3.14. The van der Waals surface area contributed by atoms with Gasteiger partial charge in [-0.15, -0.1) is 0 Å². The number of nitrogens with zero attached hydrogens (tertiary/aromatic N) is 4. The highest BCUT2D eigenvalue weighted by Crippen LogP contribution is 2.19. The molecule has 0 fully saturated rings. The fourth-order valence-corrected chi connectivity index (χ4v) is 3.70. The molecule has 0 amide bonds. The molecule has 0 aromatic carbocycles. The molecule has 0 bridgehead atoms. The number of esters is 1. The SMILES string of the molecule is CCCCn1c(=O)[nH]c(=O)c2c1nc(CN(C)Cc1cc(C(=O)OC)c(C)o1)n2CC. The summed E-state index contributed by atoms with van der Waals surface area (Å²) in [4.78, 5) is 45.7. The van der Waals surface area contributed by atoms with Crippen molar-refractivity contribution < 1.29 is 13.9 Å². The van der Waals surface area contributed by atoms with Crippen LogP contribution in [0.3, 0.4) is 0 Å². The number of aryl methyl sites for hydroxylation is 3. The molecule has 0 saturated carbocycles. The van der Waals surface area contributed by atoms with Gasteiger partial charge >= 0.3 is 11.7 Å². The molecule has 0 saturated heterocycles. The maximum absolute atomic E-state index is 12.5. The molecule has 0 atom stereocenters. The minimum Gasteiger partial charge on any atom is -0.465 e. The van der Waals surface area contributed by atoms with Crippen LogP contribution in [0, 0.1) is 6.92 Å². The van der Waals surface area contributed by atoms with E-state index in [0.717, 1.165) is 12.8 Å². The van der Waals surface area contributed by atoms with E-state index in [2.05, 4.69) is 9.97 Å². The molecule has 0 aliphatic carbocycles. The number of carbonyl (C=O) groups excluding carboxylic acids is 1. The Morgan fingerprint density at radius 2 is 2.00 bits per heavy atom. The van der Waals surface area contributed by atoms with E-state index in [1.54, 1.807) is 13.0 Å². The Morgan fingerprint density at radius 1 is 1.26 bits per heavy atom. The molecular formula is C21H29N5O5. The minimum absolute atomic E-state index is 0.401. The maximum Gasteiger partial charge on any atom is 0.341 e. The van der Waals surface area contributed by atoms with Gasteiger partial charge in [-0.05, 0) is 33.4 Å². The van der Waals surface area contributed by atoms with Crippen LogP contribution >= 0.6 is 0 Å². The number of hydrogen-bond donors (Lipinski definition) is 1. The lowest BCUT2D eigenvalue weighted by Crippen LogP contribution is -2.31. The minimum atomic E-state index is -0.438. The van der Waals surface area contributed by atoms with E-state index in [1.807, 2.05) is 30.4 Å². The molecular weight excluding hydrogens is 402 g/mol. The molecule has 10 nitrogen and oxygen atoms in total. The Labute approximate surface area is 179 Å². The lowest BCUT2D eigenvalue weighted by atomic mass is 10.2. The molecule has 0 unspecified atom stereocenters. The van der Waals surface area contributed by atoms with Crippen molar-refractivity contribution in [2.75, 3.05) is 14.2 Å². The number of methoxy groups -OCH3 is 1. The van der Waals surface area contributed by atoms with E-state index in [4.69, 9.17) is 9.15 Å². The van der Waals surface area contributed by atoms with E-state index in [0.29, 0.717) is 60.3 Å². The Bertz CT molecular complexity index is 1200. The van der Waals surface area contributed by atoms with Gasteiger partial charge in [0.1, 0.15) is 22.9 Å².